The van der Waals surface area contributed by atoms with Crippen molar-refractivity contribution >= 4 is 10.0 Å². The van der Waals surface area contributed by atoms with Crippen LogP contribution in [-0.2, 0) is 27.6 Å². The van der Waals surface area contributed by atoms with Crippen LogP contribution in [0.25, 0.3) is 0 Å². The number of ether oxygens (including phenoxy) is 1. The molecule has 0 bridgehead atoms. The molecular formula is C17H19NO3S. The Morgan fingerprint density at radius 2 is 1.55 bits per heavy atom. The lowest BCUT2D eigenvalue weighted by Gasteiger charge is -2.27. The number of rotatable bonds is 5. The summed E-state index contributed by atoms with van der Waals surface area (Å²) in [5, 5.41) is 0. The number of hydrogen-bond donors (Lipinski definition) is 1. The van der Waals surface area contributed by atoms with Crippen molar-refractivity contribution in [2.24, 2.45) is 0 Å². The Hall–Kier alpha value is -1.69. The zero-order valence-electron chi connectivity index (χ0n) is 12.5. The summed E-state index contributed by atoms with van der Waals surface area (Å²) in [4.78, 5) is 0.275. The number of benzene rings is 2. The minimum atomic E-state index is -3.51. The molecule has 0 spiro atoms. The number of sulfonamides is 1. The van der Waals surface area contributed by atoms with Gasteiger partial charge in [-0.2, -0.15) is 0 Å². The van der Waals surface area contributed by atoms with E-state index >= 15 is 0 Å². The van der Waals surface area contributed by atoms with Gasteiger partial charge in [-0.25, -0.2) is 13.1 Å². The highest BCUT2D eigenvalue weighted by molar-refractivity contribution is 7.89. The SMILES string of the molecule is COC1(CNS(=O)(=O)c2ccccc2)Cc2ccccc2C1. The molecule has 0 aliphatic heterocycles. The smallest absolute Gasteiger partial charge is 0.240 e. The first-order valence-corrected chi connectivity index (χ1v) is 8.70. The average Bonchev–Trinajstić information content (AvgIpc) is 2.93. The van der Waals surface area contributed by atoms with Crippen LogP contribution in [0.3, 0.4) is 0 Å². The zero-order valence-corrected chi connectivity index (χ0v) is 13.3. The quantitative estimate of drug-likeness (QED) is 0.919. The standard InChI is InChI=1S/C17H19NO3S/c1-21-17(11-14-7-5-6-8-15(14)12-17)13-18-22(19,20)16-9-3-2-4-10-16/h2-10,18H,11-13H2,1H3. The summed E-state index contributed by atoms with van der Waals surface area (Å²) in [7, 11) is -1.87. The Morgan fingerprint density at radius 1 is 1.00 bits per heavy atom. The molecule has 4 nitrogen and oxygen atoms in total. The van der Waals surface area contributed by atoms with E-state index in [2.05, 4.69) is 16.9 Å². The molecule has 0 saturated heterocycles. The Balaban J connectivity index is 1.76. The van der Waals surface area contributed by atoms with Crippen LogP contribution in [0.2, 0.25) is 0 Å². The van der Waals surface area contributed by atoms with Crippen LogP contribution in [0, 0.1) is 0 Å². The maximum absolute atomic E-state index is 12.4. The molecule has 116 valence electrons. The normalized spacial score (nSPS) is 16.4. The van der Waals surface area contributed by atoms with E-state index in [9.17, 15) is 8.42 Å². The molecule has 0 fully saturated rings. The highest BCUT2D eigenvalue weighted by Gasteiger charge is 2.38. The lowest BCUT2D eigenvalue weighted by molar-refractivity contribution is 0.00378. The predicted octanol–water partition coefficient (Wildman–Crippen LogP) is 2.15. The first kappa shape index (κ1) is 15.2. The summed E-state index contributed by atoms with van der Waals surface area (Å²) in [5.41, 5.74) is 1.94. The van der Waals surface area contributed by atoms with Gasteiger partial charge in [-0.15, -0.1) is 0 Å². The molecule has 0 saturated carbocycles. The zero-order chi connectivity index (χ0) is 15.6. The van der Waals surface area contributed by atoms with Crippen molar-refractivity contribution in [3.63, 3.8) is 0 Å². The van der Waals surface area contributed by atoms with Gasteiger partial charge in [0.05, 0.1) is 10.5 Å². The molecule has 0 atom stereocenters. The Labute approximate surface area is 131 Å². The molecule has 2 aromatic rings. The molecule has 0 heterocycles. The van der Waals surface area contributed by atoms with Gasteiger partial charge < -0.3 is 4.74 Å². The van der Waals surface area contributed by atoms with Crippen LogP contribution in [-0.4, -0.2) is 27.7 Å². The van der Waals surface area contributed by atoms with E-state index in [1.807, 2.05) is 12.1 Å². The summed E-state index contributed by atoms with van der Waals surface area (Å²) in [6.07, 6.45) is 1.44. The van der Waals surface area contributed by atoms with E-state index in [1.165, 1.54) is 11.1 Å². The average molecular weight is 317 g/mol. The number of fused-ring (bicyclic) bond motifs is 1. The molecule has 0 unspecified atom stereocenters. The van der Waals surface area contributed by atoms with Crippen molar-refractivity contribution in [3.8, 4) is 0 Å². The summed E-state index contributed by atoms with van der Waals surface area (Å²) >= 11 is 0. The molecule has 1 aliphatic carbocycles. The Morgan fingerprint density at radius 3 is 2.09 bits per heavy atom. The summed E-state index contributed by atoms with van der Waals surface area (Å²) < 4.78 is 33.1. The highest BCUT2D eigenvalue weighted by Crippen LogP contribution is 2.32. The molecule has 22 heavy (non-hydrogen) atoms. The van der Waals surface area contributed by atoms with Crippen molar-refractivity contribution in [2.75, 3.05) is 13.7 Å². The van der Waals surface area contributed by atoms with Crippen molar-refractivity contribution < 1.29 is 13.2 Å². The molecule has 1 N–H and O–H groups in total. The Bertz CT molecular complexity index is 731. The monoisotopic (exact) mass is 317 g/mol. The first-order valence-electron chi connectivity index (χ1n) is 7.21. The molecule has 0 radical (unpaired) electrons. The van der Waals surface area contributed by atoms with Gasteiger partial charge in [-0.3, -0.25) is 0 Å². The Kier molecular flexibility index (Phi) is 4.04. The lowest BCUT2D eigenvalue weighted by atomic mass is 10.0. The van der Waals surface area contributed by atoms with Crippen molar-refractivity contribution in [3.05, 3.63) is 65.7 Å². The number of hydrogen-bond acceptors (Lipinski definition) is 3. The van der Waals surface area contributed by atoms with Crippen molar-refractivity contribution in [2.45, 2.75) is 23.3 Å². The predicted molar refractivity (Wildman–Crippen MR) is 85.2 cm³/mol. The first-order chi connectivity index (χ1) is 10.5. The van der Waals surface area contributed by atoms with Crippen LogP contribution in [0.1, 0.15) is 11.1 Å². The van der Waals surface area contributed by atoms with Crippen LogP contribution in [0.4, 0.5) is 0 Å². The highest BCUT2D eigenvalue weighted by atomic mass is 32.2. The fourth-order valence-corrected chi connectivity index (χ4v) is 4.05. The number of nitrogens with one attached hydrogen (secondary N) is 1. The molecule has 0 amide bonds. The van der Waals surface area contributed by atoms with E-state index in [-0.39, 0.29) is 11.4 Å². The molecular weight excluding hydrogens is 298 g/mol. The lowest BCUT2D eigenvalue weighted by Crippen LogP contribution is -2.45. The maximum atomic E-state index is 12.4. The topological polar surface area (TPSA) is 55.4 Å². The van der Waals surface area contributed by atoms with Gasteiger partial charge in [0, 0.05) is 26.5 Å². The fourth-order valence-electron chi connectivity index (χ4n) is 2.91. The van der Waals surface area contributed by atoms with Crippen LogP contribution >= 0.6 is 0 Å². The second-order valence-corrected chi connectivity index (χ2v) is 7.41. The second kappa shape index (κ2) is 5.83. The molecule has 5 heteroatoms. The van der Waals surface area contributed by atoms with E-state index < -0.39 is 15.6 Å². The van der Waals surface area contributed by atoms with Crippen molar-refractivity contribution in [1.29, 1.82) is 0 Å². The van der Waals surface area contributed by atoms with Crippen LogP contribution < -0.4 is 4.72 Å². The van der Waals surface area contributed by atoms with E-state index in [0.29, 0.717) is 0 Å². The van der Waals surface area contributed by atoms with Crippen LogP contribution in [0.5, 0.6) is 0 Å². The van der Waals surface area contributed by atoms with E-state index in [4.69, 9.17) is 4.74 Å². The largest absolute Gasteiger partial charge is 0.376 e. The molecule has 0 aromatic heterocycles. The maximum Gasteiger partial charge on any atom is 0.240 e. The van der Waals surface area contributed by atoms with Gasteiger partial charge in [0.2, 0.25) is 10.0 Å². The molecule has 2 aromatic carbocycles. The van der Waals surface area contributed by atoms with Crippen LogP contribution in [0.15, 0.2) is 59.5 Å². The minimum Gasteiger partial charge on any atom is -0.376 e. The van der Waals surface area contributed by atoms with Crippen molar-refractivity contribution in [1.82, 2.24) is 4.72 Å². The third kappa shape index (κ3) is 2.92. The van der Waals surface area contributed by atoms with Gasteiger partial charge in [0.25, 0.3) is 0 Å². The van der Waals surface area contributed by atoms with Gasteiger partial charge in [0.1, 0.15) is 0 Å². The minimum absolute atomic E-state index is 0.259. The van der Waals surface area contributed by atoms with Gasteiger partial charge in [-0.05, 0) is 23.3 Å². The van der Waals surface area contributed by atoms with Gasteiger partial charge in [-0.1, -0.05) is 42.5 Å². The third-order valence-electron chi connectivity index (χ3n) is 4.21. The van der Waals surface area contributed by atoms with E-state index in [0.717, 1.165) is 12.8 Å². The molecule has 3 rings (SSSR count). The van der Waals surface area contributed by atoms with Gasteiger partial charge in [0.15, 0.2) is 0 Å². The number of methoxy groups -OCH3 is 1. The summed E-state index contributed by atoms with van der Waals surface area (Å²) in [6, 6.07) is 16.5. The summed E-state index contributed by atoms with van der Waals surface area (Å²) in [6.45, 7) is 0.259. The van der Waals surface area contributed by atoms with Gasteiger partial charge >= 0.3 is 0 Å². The third-order valence-corrected chi connectivity index (χ3v) is 5.63. The van der Waals surface area contributed by atoms with E-state index in [1.54, 1.807) is 37.4 Å². The fraction of sp³-hybridized carbons (Fsp3) is 0.294. The summed E-state index contributed by atoms with van der Waals surface area (Å²) in [5.74, 6) is 0. The second-order valence-electron chi connectivity index (χ2n) is 5.65. The molecule has 1 aliphatic rings.